The number of aliphatic hydroxyl groups excluding tert-OH is 1. The third-order valence-electron chi connectivity index (χ3n) is 5.68. The number of ether oxygens (including phenoxy) is 1. The van der Waals surface area contributed by atoms with E-state index in [-0.39, 0.29) is 25.3 Å². The standard InChI is InChI=1S/C23H24Cl2F3N3O6/c24-18-2-1-15(7-19(18)25)37-14-3-5-30(6-4-14)10-13(32)9-29-22(36)16-11-31(12-21(34)35)20(33)8-17(16)23(26,27)28/h1-2,7-8,11,13-14,32H,3-6,9-10,12H2,(H,29,36)(H,34,35)/t13-/m1/s1. The van der Waals surface area contributed by atoms with Crippen molar-refractivity contribution in [3.05, 3.63) is 62.0 Å². The Bertz CT molecular complexity index is 1200. The number of alkyl halides is 3. The van der Waals surface area contributed by atoms with E-state index in [1.807, 2.05) is 4.90 Å². The Morgan fingerprint density at radius 3 is 2.43 bits per heavy atom. The Kier molecular flexibility index (Phi) is 9.46. The summed E-state index contributed by atoms with van der Waals surface area (Å²) in [6.45, 7) is 0.0492. The number of hydrogen-bond donors (Lipinski definition) is 3. The van der Waals surface area contributed by atoms with E-state index < -0.39 is 47.4 Å². The number of aromatic nitrogens is 1. The van der Waals surface area contributed by atoms with Gasteiger partial charge in [-0.1, -0.05) is 23.2 Å². The second-order valence-corrected chi connectivity index (χ2v) is 9.33. The second kappa shape index (κ2) is 12.2. The molecule has 1 atom stereocenters. The van der Waals surface area contributed by atoms with Gasteiger partial charge >= 0.3 is 12.1 Å². The van der Waals surface area contributed by atoms with Crippen LogP contribution in [0.2, 0.25) is 10.0 Å². The molecular weight excluding hydrogens is 542 g/mol. The quantitative estimate of drug-likeness (QED) is 0.427. The molecule has 37 heavy (non-hydrogen) atoms. The molecule has 0 spiro atoms. The molecule has 3 rings (SSSR count). The first-order valence-electron chi connectivity index (χ1n) is 11.2. The molecular formula is C23H24Cl2F3N3O6. The Hall–Kier alpha value is -2.80. The number of benzene rings is 1. The summed E-state index contributed by atoms with van der Waals surface area (Å²) in [4.78, 5) is 37.1. The summed E-state index contributed by atoms with van der Waals surface area (Å²) in [5.41, 5.74) is -3.62. The number of carbonyl (C=O) groups excluding carboxylic acids is 1. The van der Waals surface area contributed by atoms with Crippen molar-refractivity contribution in [2.45, 2.75) is 37.8 Å². The van der Waals surface area contributed by atoms with Crippen molar-refractivity contribution in [3.8, 4) is 5.75 Å². The molecule has 1 aliphatic rings. The van der Waals surface area contributed by atoms with Gasteiger partial charge in [0, 0.05) is 44.5 Å². The van der Waals surface area contributed by atoms with Crippen LogP contribution in [0.25, 0.3) is 0 Å². The number of rotatable bonds is 9. The summed E-state index contributed by atoms with van der Waals surface area (Å²) in [5, 5.41) is 22.2. The maximum absolute atomic E-state index is 13.4. The Labute approximate surface area is 219 Å². The van der Waals surface area contributed by atoms with Gasteiger partial charge in [-0.15, -0.1) is 0 Å². The summed E-state index contributed by atoms with van der Waals surface area (Å²) in [7, 11) is 0. The van der Waals surface area contributed by atoms with Gasteiger partial charge in [-0.2, -0.15) is 13.2 Å². The topological polar surface area (TPSA) is 121 Å². The van der Waals surface area contributed by atoms with Crippen molar-refractivity contribution >= 4 is 35.1 Å². The van der Waals surface area contributed by atoms with Gasteiger partial charge in [0.2, 0.25) is 0 Å². The summed E-state index contributed by atoms with van der Waals surface area (Å²) < 4.78 is 46.5. The minimum Gasteiger partial charge on any atom is -0.490 e. The van der Waals surface area contributed by atoms with E-state index in [1.165, 1.54) is 0 Å². The van der Waals surface area contributed by atoms with Crippen molar-refractivity contribution in [2.24, 2.45) is 0 Å². The molecule has 0 unspecified atom stereocenters. The number of nitrogens with zero attached hydrogens (tertiary/aromatic N) is 2. The molecule has 1 amide bonds. The Morgan fingerprint density at radius 2 is 1.84 bits per heavy atom. The lowest BCUT2D eigenvalue weighted by atomic mass is 10.1. The predicted molar refractivity (Wildman–Crippen MR) is 128 cm³/mol. The molecule has 1 aromatic heterocycles. The van der Waals surface area contributed by atoms with Crippen molar-refractivity contribution in [2.75, 3.05) is 26.2 Å². The Morgan fingerprint density at radius 1 is 1.16 bits per heavy atom. The average molecular weight is 566 g/mol. The van der Waals surface area contributed by atoms with Crippen LogP contribution >= 0.6 is 23.2 Å². The van der Waals surface area contributed by atoms with Crippen molar-refractivity contribution in [1.29, 1.82) is 0 Å². The van der Waals surface area contributed by atoms with Crippen LogP contribution in [0.3, 0.4) is 0 Å². The van der Waals surface area contributed by atoms with E-state index in [0.717, 1.165) is 0 Å². The lowest BCUT2D eigenvalue weighted by molar-refractivity contribution is -0.138. The highest BCUT2D eigenvalue weighted by Crippen LogP contribution is 2.31. The van der Waals surface area contributed by atoms with E-state index in [1.54, 1.807) is 18.2 Å². The molecule has 1 aromatic carbocycles. The normalized spacial score (nSPS) is 15.8. The minimum absolute atomic E-state index is 0.0763. The molecule has 1 aliphatic heterocycles. The molecule has 2 heterocycles. The molecule has 2 aromatic rings. The highest BCUT2D eigenvalue weighted by Gasteiger charge is 2.36. The third kappa shape index (κ3) is 8.09. The van der Waals surface area contributed by atoms with Gasteiger partial charge in [0.05, 0.1) is 27.3 Å². The smallest absolute Gasteiger partial charge is 0.417 e. The zero-order valence-corrected chi connectivity index (χ0v) is 20.8. The number of carboxylic acids is 1. The highest BCUT2D eigenvalue weighted by atomic mass is 35.5. The van der Waals surface area contributed by atoms with Crippen LogP contribution < -0.4 is 15.6 Å². The van der Waals surface area contributed by atoms with Crippen LogP contribution in [-0.4, -0.2) is 69.9 Å². The number of carboxylic acid groups (broad SMARTS) is 1. The highest BCUT2D eigenvalue weighted by molar-refractivity contribution is 6.42. The molecule has 202 valence electrons. The number of carbonyl (C=O) groups is 2. The zero-order valence-electron chi connectivity index (χ0n) is 19.3. The lowest BCUT2D eigenvalue weighted by Gasteiger charge is -2.33. The number of hydrogen-bond acceptors (Lipinski definition) is 6. The van der Waals surface area contributed by atoms with Crippen LogP contribution in [-0.2, 0) is 17.5 Å². The van der Waals surface area contributed by atoms with Crippen LogP contribution in [0.5, 0.6) is 5.75 Å². The number of nitrogens with one attached hydrogen (secondary N) is 1. The number of likely N-dealkylation sites (tertiary alicyclic amines) is 1. The molecule has 14 heteroatoms. The van der Waals surface area contributed by atoms with Gasteiger partial charge in [-0.05, 0) is 25.0 Å². The molecule has 1 saturated heterocycles. The fraction of sp³-hybridized carbons (Fsp3) is 0.435. The number of amides is 1. The summed E-state index contributed by atoms with van der Waals surface area (Å²) in [6.07, 6.45) is -4.32. The number of aliphatic carboxylic acids is 1. The first kappa shape index (κ1) is 28.8. The van der Waals surface area contributed by atoms with Gasteiger partial charge in [0.25, 0.3) is 11.5 Å². The average Bonchev–Trinajstić information content (AvgIpc) is 2.81. The van der Waals surface area contributed by atoms with Crippen molar-refractivity contribution in [3.63, 3.8) is 0 Å². The largest absolute Gasteiger partial charge is 0.490 e. The van der Waals surface area contributed by atoms with E-state index in [4.69, 9.17) is 33.0 Å². The zero-order chi connectivity index (χ0) is 27.3. The van der Waals surface area contributed by atoms with Gasteiger partial charge in [-0.3, -0.25) is 14.4 Å². The van der Waals surface area contributed by atoms with E-state index >= 15 is 0 Å². The SMILES string of the molecule is O=C(O)Cn1cc(C(=O)NC[C@@H](O)CN2CCC(Oc3ccc(Cl)c(Cl)c3)CC2)c(C(F)(F)F)cc1=O. The molecule has 0 radical (unpaired) electrons. The second-order valence-electron chi connectivity index (χ2n) is 8.52. The third-order valence-corrected chi connectivity index (χ3v) is 6.42. The molecule has 1 fully saturated rings. The summed E-state index contributed by atoms with van der Waals surface area (Å²) >= 11 is 11.9. The van der Waals surface area contributed by atoms with Gasteiger partial charge in [0.15, 0.2) is 0 Å². The van der Waals surface area contributed by atoms with Crippen LogP contribution in [0.4, 0.5) is 13.2 Å². The lowest BCUT2D eigenvalue weighted by Crippen LogP contribution is -2.45. The van der Waals surface area contributed by atoms with Crippen molar-refractivity contribution < 1.29 is 37.7 Å². The molecule has 9 nitrogen and oxygen atoms in total. The summed E-state index contributed by atoms with van der Waals surface area (Å²) in [6, 6.07) is 5.15. The maximum atomic E-state index is 13.4. The molecule has 0 bridgehead atoms. The van der Waals surface area contributed by atoms with Gasteiger partial charge in [-0.25, -0.2) is 0 Å². The first-order valence-corrected chi connectivity index (χ1v) is 11.9. The van der Waals surface area contributed by atoms with Crippen molar-refractivity contribution in [1.82, 2.24) is 14.8 Å². The van der Waals surface area contributed by atoms with Crippen LogP contribution in [0.1, 0.15) is 28.8 Å². The summed E-state index contributed by atoms with van der Waals surface area (Å²) in [5.74, 6) is -2.07. The molecule has 3 N–H and O–H groups in total. The van der Waals surface area contributed by atoms with Crippen LogP contribution in [0.15, 0.2) is 35.3 Å². The number of piperidine rings is 1. The van der Waals surface area contributed by atoms with Gasteiger partial charge < -0.3 is 29.7 Å². The van der Waals surface area contributed by atoms with E-state index in [0.29, 0.717) is 52.5 Å². The number of aliphatic hydroxyl groups is 1. The van der Waals surface area contributed by atoms with E-state index in [2.05, 4.69) is 5.32 Å². The molecule has 0 saturated carbocycles. The fourth-order valence-electron chi connectivity index (χ4n) is 3.88. The van der Waals surface area contributed by atoms with Crippen LogP contribution in [0, 0.1) is 0 Å². The minimum atomic E-state index is -5.02. The van der Waals surface area contributed by atoms with E-state index in [9.17, 15) is 32.7 Å². The number of halogens is 5. The number of pyridine rings is 1. The fourth-order valence-corrected chi connectivity index (χ4v) is 4.17. The first-order chi connectivity index (χ1) is 17.3. The molecule has 0 aliphatic carbocycles. The van der Waals surface area contributed by atoms with Gasteiger partial charge in [0.1, 0.15) is 18.4 Å². The number of β-amino-alcohol motifs (C(OH)–C–C–N with tert-alkyl or cyclic N) is 1. The Balaban J connectivity index is 1.53. The predicted octanol–water partition coefficient (Wildman–Crippen LogP) is 2.89. The monoisotopic (exact) mass is 565 g/mol. The maximum Gasteiger partial charge on any atom is 0.417 e.